The predicted molar refractivity (Wildman–Crippen MR) is 81.9 cm³/mol. The second-order valence-electron chi connectivity index (χ2n) is 5.09. The molecule has 0 spiro atoms. The molecule has 1 N–H and O–H groups in total. The van der Waals surface area contributed by atoms with Gasteiger partial charge in [-0.05, 0) is 25.3 Å². The van der Waals surface area contributed by atoms with Crippen molar-refractivity contribution in [3.8, 4) is 0 Å². The molecular formula is C15H18N4OS. The van der Waals surface area contributed by atoms with Crippen LogP contribution in [0, 0.1) is 0 Å². The van der Waals surface area contributed by atoms with Gasteiger partial charge in [0.1, 0.15) is 11.6 Å². The van der Waals surface area contributed by atoms with E-state index in [1.165, 1.54) is 11.8 Å². The van der Waals surface area contributed by atoms with Crippen molar-refractivity contribution in [1.82, 2.24) is 20.1 Å². The summed E-state index contributed by atoms with van der Waals surface area (Å²) in [5.41, 5.74) is 0.992. The second-order valence-corrected chi connectivity index (χ2v) is 6.16. The Morgan fingerprint density at radius 2 is 2.19 bits per heavy atom. The smallest absolute Gasteiger partial charge is 0.238 e. The van der Waals surface area contributed by atoms with Crippen LogP contribution in [-0.2, 0) is 11.3 Å². The maximum absolute atomic E-state index is 12.5. The van der Waals surface area contributed by atoms with Gasteiger partial charge in [-0.2, -0.15) is 0 Å². The van der Waals surface area contributed by atoms with E-state index < -0.39 is 0 Å². The van der Waals surface area contributed by atoms with E-state index in [2.05, 4.69) is 15.5 Å². The van der Waals surface area contributed by atoms with Crippen LogP contribution >= 0.6 is 11.8 Å². The highest BCUT2D eigenvalue weighted by Gasteiger charge is 2.30. The molecular weight excluding hydrogens is 284 g/mol. The number of hydrogen-bond acceptors (Lipinski definition) is 4. The lowest BCUT2D eigenvalue weighted by molar-refractivity contribution is -0.120. The molecule has 1 aliphatic carbocycles. The lowest BCUT2D eigenvalue weighted by Crippen LogP contribution is -2.29. The minimum Gasteiger partial charge on any atom is -0.352 e. The molecule has 110 valence electrons. The van der Waals surface area contributed by atoms with Crippen molar-refractivity contribution in [2.24, 2.45) is 0 Å². The second kappa shape index (κ2) is 6.30. The van der Waals surface area contributed by atoms with Gasteiger partial charge < -0.3 is 9.88 Å². The Hall–Kier alpha value is -1.82. The first-order valence-corrected chi connectivity index (χ1v) is 8.05. The van der Waals surface area contributed by atoms with Gasteiger partial charge in [0.25, 0.3) is 0 Å². The Morgan fingerprint density at radius 1 is 1.43 bits per heavy atom. The Bertz CT molecular complexity index is 609. The van der Waals surface area contributed by atoms with Gasteiger partial charge in [-0.15, -0.1) is 10.2 Å². The average molecular weight is 302 g/mol. The van der Waals surface area contributed by atoms with E-state index >= 15 is 0 Å². The van der Waals surface area contributed by atoms with Crippen LogP contribution in [0.1, 0.15) is 30.6 Å². The van der Waals surface area contributed by atoms with Gasteiger partial charge in [0.2, 0.25) is 5.91 Å². The van der Waals surface area contributed by atoms with Crippen molar-refractivity contribution in [2.45, 2.75) is 42.8 Å². The van der Waals surface area contributed by atoms with Crippen LogP contribution in [0.3, 0.4) is 0 Å². The summed E-state index contributed by atoms with van der Waals surface area (Å²) < 4.78 is 1.95. The van der Waals surface area contributed by atoms with E-state index in [0.29, 0.717) is 6.04 Å². The molecule has 1 saturated carbocycles. The fourth-order valence-corrected chi connectivity index (χ4v) is 3.15. The molecule has 1 heterocycles. The Labute approximate surface area is 128 Å². The standard InChI is InChI=1S/C15H18N4OS/c1-2-19-10-16-18-15(19)21-13(11-6-4-3-5-7-11)14(20)17-12-8-9-12/h3-7,10,12-13H,2,8-9H2,1H3,(H,17,20). The number of benzene rings is 1. The molecule has 21 heavy (non-hydrogen) atoms. The van der Waals surface area contributed by atoms with E-state index in [0.717, 1.165) is 30.1 Å². The minimum atomic E-state index is -0.290. The quantitative estimate of drug-likeness (QED) is 0.833. The normalized spacial score (nSPS) is 15.7. The highest BCUT2D eigenvalue weighted by molar-refractivity contribution is 8.00. The van der Waals surface area contributed by atoms with Crippen LogP contribution in [0.25, 0.3) is 0 Å². The molecule has 6 heteroatoms. The third kappa shape index (κ3) is 3.44. The molecule has 1 aromatic carbocycles. The number of amides is 1. The van der Waals surface area contributed by atoms with Crippen molar-refractivity contribution in [3.05, 3.63) is 42.2 Å². The van der Waals surface area contributed by atoms with E-state index in [9.17, 15) is 4.79 Å². The summed E-state index contributed by atoms with van der Waals surface area (Å²) in [4.78, 5) is 12.5. The molecule has 0 radical (unpaired) electrons. The van der Waals surface area contributed by atoms with Gasteiger partial charge in [0.05, 0.1) is 0 Å². The molecule has 1 amide bonds. The molecule has 0 saturated heterocycles. The third-order valence-corrected chi connectivity index (χ3v) is 4.66. The highest BCUT2D eigenvalue weighted by atomic mass is 32.2. The zero-order chi connectivity index (χ0) is 14.7. The summed E-state index contributed by atoms with van der Waals surface area (Å²) >= 11 is 1.45. The molecule has 2 aromatic rings. The Balaban J connectivity index is 1.83. The van der Waals surface area contributed by atoms with E-state index in [1.807, 2.05) is 41.8 Å². The van der Waals surface area contributed by atoms with E-state index in [4.69, 9.17) is 0 Å². The molecule has 1 unspecified atom stereocenters. The number of nitrogens with zero attached hydrogens (tertiary/aromatic N) is 3. The van der Waals surface area contributed by atoms with Gasteiger partial charge in [0.15, 0.2) is 5.16 Å². The van der Waals surface area contributed by atoms with Gasteiger partial charge in [0, 0.05) is 12.6 Å². The minimum absolute atomic E-state index is 0.0550. The van der Waals surface area contributed by atoms with Crippen LogP contribution in [0.4, 0.5) is 0 Å². The Morgan fingerprint density at radius 3 is 2.86 bits per heavy atom. The van der Waals surface area contributed by atoms with Crippen molar-refractivity contribution in [2.75, 3.05) is 0 Å². The summed E-state index contributed by atoms with van der Waals surface area (Å²) in [6.45, 7) is 2.83. The molecule has 1 atom stereocenters. The fraction of sp³-hybridized carbons (Fsp3) is 0.400. The number of rotatable bonds is 6. The summed E-state index contributed by atoms with van der Waals surface area (Å²) in [6.07, 6.45) is 3.87. The van der Waals surface area contributed by atoms with Crippen LogP contribution in [0.5, 0.6) is 0 Å². The largest absolute Gasteiger partial charge is 0.352 e. The maximum Gasteiger partial charge on any atom is 0.238 e. The molecule has 0 aliphatic heterocycles. The predicted octanol–water partition coefficient (Wildman–Crippen LogP) is 2.41. The number of hydrogen-bond donors (Lipinski definition) is 1. The first-order chi connectivity index (χ1) is 10.3. The van der Waals surface area contributed by atoms with Crippen molar-refractivity contribution < 1.29 is 4.79 Å². The third-order valence-electron chi connectivity index (χ3n) is 3.41. The first kappa shape index (κ1) is 14.1. The number of aromatic nitrogens is 3. The van der Waals surface area contributed by atoms with Crippen LogP contribution in [0.2, 0.25) is 0 Å². The average Bonchev–Trinajstić information content (AvgIpc) is 3.21. The first-order valence-electron chi connectivity index (χ1n) is 7.17. The fourth-order valence-electron chi connectivity index (χ4n) is 2.06. The van der Waals surface area contributed by atoms with Gasteiger partial charge in [-0.25, -0.2) is 0 Å². The zero-order valence-electron chi connectivity index (χ0n) is 11.9. The maximum atomic E-state index is 12.5. The molecule has 5 nitrogen and oxygen atoms in total. The summed E-state index contributed by atoms with van der Waals surface area (Å²) in [5, 5.41) is 11.6. The summed E-state index contributed by atoms with van der Waals surface area (Å²) in [5.74, 6) is 0.0550. The summed E-state index contributed by atoms with van der Waals surface area (Å²) in [7, 11) is 0. The van der Waals surface area contributed by atoms with Crippen LogP contribution < -0.4 is 5.32 Å². The number of carbonyl (C=O) groups excluding carboxylic acids is 1. The lowest BCUT2D eigenvalue weighted by Gasteiger charge is -2.16. The molecule has 1 aromatic heterocycles. The number of aryl methyl sites for hydroxylation is 1. The summed E-state index contributed by atoms with van der Waals surface area (Å²) in [6, 6.07) is 10.2. The van der Waals surface area contributed by atoms with Gasteiger partial charge in [-0.1, -0.05) is 42.1 Å². The number of thioether (sulfide) groups is 1. The monoisotopic (exact) mass is 302 g/mol. The number of nitrogens with one attached hydrogen (secondary N) is 1. The van der Waals surface area contributed by atoms with Gasteiger partial charge >= 0.3 is 0 Å². The number of carbonyl (C=O) groups is 1. The van der Waals surface area contributed by atoms with Crippen molar-refractivity contribution >= 4 is 17.7 Å². The SMILES string of the molecule is CCn1cnnc1SC(C(=O)NC1CC1)c1ccccc1. The van der Waals surface area contributed by atoms with E-state index in [1.54, 1.807) is 6.33 Å². The van der Waals surface area contributed by atoms with Gasteiger partial charge in [-0.3, -0.25) is 4.79 Å². The van der Waals surface area contributed by atoms with Crippen molar-refractivity contribution in [1.29, 1.82) is 0 Å². The molecule has 1 fully saturated rings. The molecule has 0 bridgehead atoms. The highest BCUT2D eigenvalue weighted by Crippen LogP contribution is 2.35. The zero-order valence-corrected chi connectivity index (χ0v) is 12.7. The van der Waals surface area contributed by atoms with Crippen LogP contribution in [-0.4, -0.2) is 26.7 Å². The lowest BCUT2D eigenvalue weighted by atomic mass is 10.1. The molecule has 1 aliphatic rings. The van der Waals surface area contributed by atoms with E-state index in [-0.39, 0.29) is 11.2 Å². The Kier molecular flexibility index (Phi) is 4.24. The topological polar surface area (TPSA) is 59.8 Å². The molecule has 3 rings (SSSR count). The van der Waals surface area contributed by atoms with Crippen LogP contribution in [0.15, 0.2) is 41.8 Å². The van der Waals surface area contributed by atoms with Crippen molar-refractivity contribution in [3.63, 3.8) is 0 Å².